The van der Waals surface area contributed by atoms with Gasteiger partial charge in [-0.3, -0.25) is 9.59 Å². The van der Waals surface area contributed by atoms with E-state index < -0.39 is 11.8 Å². The largest absolute Gasteiger partial charge is 0.351 e. The highest BCUT2D eigenvalue weighted by Crippen LogP contribution is 2.13. The van der Waals surface area contributed by atoms with Crippen LogP contribution in [0.1, 0.15) is 12.8 Å². The second-order valence-electron chi connectivity index (χ2n) is 3.16. The minimum atomic E-state index is -0.547. The van der Waals surface area contributed by atoms with Gasteiger partial charge in [0.2, 0.25) is 0 Å². The highest BCUT2D eigenvalue weighted by Gasteiger charge is 2.23. The van der Waals surface area contributed by atoms with Crippen molar-refractivity contribution < 1.29 is 9.59 Å². The number of rotatable bonds is 0. The molecule has 72 valence electrons. The standard InChI is InChI=1S/C9H14N2O2/c1-7-4-3-5-11(6-7)9(13)8(12)10-2/h1,3-6H2,2H3,(H,10,12). The lowest BCUT2D eigenvalue weighted by atomic mass is 10.1. The Morgan fingerprint density at radius 2 is 2.23 bits per heavy atom. The molecular formula is C9H14N2O2. The number of carbonyl (C=O) groups is 2. The second kappa shape index (κ2) is 4.07. The number of likely N-dealkylation sites (tertiary alicyclic amines) is 1. The third-order valence-corrected chi connectivity index (χ3v) is 2.08. The van der Waals surface area contributed by atoms with Gasteiger partial charge in [-0.2, -0.15) is 0 Å². The number of hydrogen-bond acceptors (Lipinski definition) is 2. The lowest BCUT2D eigenvalue weighted by Crippen LogP contribution is -2.44. The molecule has 1 rings (SSSR count). The van der Waals surface area contributed by atoms with Crippen molar-refractivity contribution in [2.75, 3.05) is 20.1 Å². The molecule has 1 heterocycles. The van der Waals surface area contributed by atoms with Crippen LogP contribution in [0.25, 0.3) is 0 Å². The van der Waals surface area contributed by atoms with Gasteiger partial charge < -0.3 is 10.2 Å². The summed E-state index contributed by atoms with van der Waals surface area (Å²) in [6.45, 7) is 4.98. The lowest BCUT2D eigenvalue weighted by Gasteiger charge is -2.27. The minimum Gasteiger partial charge on any atom is -0.351 e. The third-order valence-electron chi connectivity index (χ3n) is 2.08. The van der Waals surface area contributed by atoms with Gasteiger partial charge in [0.05, 0.1) is 0 Å². The first-order chi connectivity index (χ1) is 6.15. The first-order valence-electron chi connectivity index (χ1n) is 4.32. The van der Waals surface area contributed by atoms with Crippen LogP contribution in [-0.2, 0) is 9.59 Å². The van der Waals surface area contributed by atoms with E-state index in [1.54, 1.807) is 0 Å². The maximum Gasteiger partial charge on any atom is 0.312 e. The van der Waals surface area contributed by atoms with Gasteiger partial charge in [0.1, 0.15) is 0 Å². The van der Waals surface area contributed by atoms with E-state index in [0.29, 0.717) is 13.1 Å². The van der Waals surface area contributed by atoms with Crippen LogP contribution in [0.3, 0.4) is 0 Å². The van der Waals surface area contributed by atoms with Crippen LogP contribution in [0.15, 0.2) is 12.2 Å². The molecule has 0 atom stereocenters. The number of nitrogens with zero attached hydrogens (tertiary/aromatic N) is 1. The van der Waals surface area contributed by atoms with Gasteiger partial charge in [-0.25, -0.2) is 0 Å². The Kier molecular flexibility index (Phi) is 3.06. The molecule has 1 fully saturated rings. The fraction of sp³-hybridized carbons (Fsp3) is 0.556. The Hall–Kier alpha value is -1.32. The summed E-state index contributed by atoms with van der Waals surface area (Å²) >= 11 is 0. The molecule has 1 aliphatic rings. The number of hydrogen-bond donors (Lipinski definition) is 1. The smallest absolute Gasteiger partial charge is 0.312 e. The average Bonchev–Trinajstić information content (AvgIpc) is 2.15. The van der Waals surface area contributed by atoms with E-state index in [4.69, 9.17) is 0 Å². The molecule has 0 aliphatic carbocycles. The zero-order valence-electron chi connectivity index (χ0n) is 7.80. The van der Waals surface area contributed by atoms with Gasteiger partial charge in [-0.1, -0.05) is 12.2 Å². The third kappa shape index (κ3) is 2.31. The molecule has 0 aromatic rings. The first-order valence-corrected chi connectivity index (χ1v) is 4.32. The molecular weight excluding hydrogens is 168 g/mol. The fourth-order valence-electron chi connectivity index (χ4n) is 1.37. The van der Waals surface area contributed by atoms with E-state index in [9.17, 15) is 9.59 Å². The highest BCUT2D eigenvalue weighted by molar-refractivity contribution is 6.34. The van der Waals surface area contributed by atoms with Crippen molar-refractivity contribution in [3.05, 3.63) is 12.2 Å². The number of likely N-dealkylation sites (N-methyl/N-ethyl adjacent to an activating group) is 1. The summed E-state index contributed by atoms with van der Waals surface area (Å²) in [5.74, 6) is -1.00. The SMILES string of the molecule is C=C1CCCN(C(=O)C(=O)NC)C1. The summed E-state index contributed by atoms with van der Waals surface area (Å²) in [6, 6.07) is 0. The molecule has 0 aromatic carbocycles. The molecule has 0 bridgehead atoms. The molecule has 1 saturated heterocycles. The van der Waals surface area contributed by atoms with Gasteiger partial charge in [0.15, 0.2) is 0 Å². The Labute approximate surface area is 77.6 Å². The van der Waals surface area contributed by atoms with Crippen LogP contribution in [0, 0.1) is 0 Å². The van der Waals surface area contributed by atoms with Gasteiger partial charge in [-0.15, -0.1) is 0 Å². The Balaban J connectivity index is 2.56. The normalized spacial score (nSPS) is 17.0. The van der Waals surface area contributed by atoms with Crippen molar-refractivity contribution in [3.63, 3.8) is 0 Å². The van der Waals surface area contributed by atoms with Crippen LogP contribution in [0.2, 0.25) is 0 Å². The number of piperidine rings is 1. The maximum absolute atomic E-state index is 11.3. The molecule has 0 radical (unpaired) electrons. The van der Waals surface area contributed by atoms with Gasteiger partial charge >= 0.3 is 11.8 Å². The van der Waals surface area contributed by atoms with Gasteiger partial charge in [-0.05, 0) is 12.8 Å². The summed E-state index contributed by atoms with van der Waals surface area (Å²) in [5.41, 5.74) is 1.02. The van der Waals surface area contributed by atoms with Crippen LogP contribution in [-0.4, -0.2) is 36.9 Å². The zero-order valence-corrected chi connectivity index (χ0v) is 7.80. The predicted octanol–water partition coefficient (Wildman–Crippen LogP) is -0.0890. The molecule has 1 aliphatic heterocycles. The molecule has 4 nitrogen and oxygen atoms in total. The first kappa shape index (κ1) is 9.77. The fourth-order valence-corrected chi connectivity index (χ4v) is 1.37. The minimum absolute atomic E-state index is 0.455. The lowest BCUT2D eigenvalue weighted by molar-refractivity contribution is -0.145. The van der Waals surface area contributed by atoms with E-state index in [1.807, 2.05) is 0 Å². The van der Waals surface area contributed by atoms with Crippen molar-refractivity contribution in [3.8, 4) is 0 Å². The molecule has 0 spiro atoms. The maximum atomic E-state index is 11.3. The molecule has 2 amide bonds. The highest BCUT2D eigenvalue weighted by atomic mass is 16.2. The quantitative estimate of drug-likeness (QED) is 0.420. The van der Waals surface area contributed by atoms with E-state index >= 15 is 0 Å². The Morgan fingerprint density at radius 3 is 2.77 bits per heavy atom. The van der Waals surface area contributed by atoms with E-state index in [1.165, 1.54) is 11.9 Å². The van der Waals surface area contributed by atoms with Crippen LogP contribution in [0.5, 0.6) is 0 Å². The van der Waals surface area contributed by atoms with E-state index in [2.05, 4.69) is 11.9 Å². The number of nitrogens with one attached hydrogen (secondary N) is 1. The summed E-state index contributed by atoms with van der Waals surface area (Å²) in [5, 5.41) is 2.32. The van der Waals surface area contributed by atoms with Crippen molar-refractivity contribution in [2.24, 2.45) is 0 Å². The summed E-state index contributed by atoms with van der Waals surface area (Å²) in [6.07, 6.45) is 1.86. The van der Waals surface area contributed by atoms with Crippen LogP contribution < -0.4 is 5.32 Å². The van der Waals surface area contributed by atoms with Gasteiger partial charge in [0.25, 0.3) is 0 Å². The van der Waals surface area contributed by atoms with Crippen molar-refractivity contribution >= 4 is 11.8 Å². The van der Waals surface area contributed by atoms with Crippen molar-refractivity contribution in [2.45, 2.75) is 12.8 Å². The zero-order chi connectivity index (χ0) is 9.84. The predicted molar refractivity (Wildman–Crippen MR) is 49.0 cm³/mol. The second-order valence-corrected chi connectivity index (χ2v) is 3.16. The van der Waals surface area contributed by atoms with Crippen LogP contribution >= 0.6 is 0 Å². The molecule has 1 N–H and O–H groups in total. The summed E-state index contributed by atoms with van der Waals surface area (Å²) < 4.78 is 0. The van der Waals surface area contributed by atoms with Crippen molar-refractivity contribution in [1.29, 1.82) is 0 Å². The Bertz CT molecular complexity index is 248. The topological polar surface area (TPSA) is 49.4 Å². The molecule has 13 heavy (non-hydrogen) atoms. The summed E-state index contributed by atoms with van der Waals surface area (Å²) in [4.78, 5) is 23.9. The summed E-state index contributed by atoms with van der Waals surface area (Å²) in [7, 11) is 1.46. The molecule has 0 saturated carbocycles. The van der Waals surface area contributed by atoms with E-state index in [-0.39, 0.29) is 0 Å². The van der Waals surface area contributed by atoms with E-state index in [0.717, 1.165) is 18.4 Å². The van der Waals surface area contributed by atoms with Crippen molar-refractivity contribution in [1.82, 2.24) is 10.2 Å². The van der Waals surface area contributed by atoms with Crippen LogP contribution in [0.4, 0.5) is 0 Å². The van der Waals surface area contributed by atoms with Gasteiger partial charge in [0, 0.05) is 20.1 Å². The average molecular weight is 182 g/mol. The number of carbonyl (C=O) groups excluding carboxylic acids is 2. The molecule has 4 heteroatoms. The molecule has 0 unspecified atom stereocenters. The number of amides is 2. The molecule has 0 aromatic heterocycles. The Morgan fingerprint density at radius 1 is 1.54 bits per heavy atom. The monoisotopic (exact) mass is 182 g/mol.